The molecule has 3 heterocycles. The molecule has 1 atom stereocenters. The quantitative estimate of drug-likeness (QED) is 0.169. The standard InChI is InChI=1S/C30H33Cl2N7O3/c1-17(26-21(31)15-35-16-22(26)32)41-19-6-7-23(33)20(14-19)27(34)28-36-24-8-5-18(13-25(24)37-28)38-9-11-39(12-10-38)29(40)42-30(2,3)4/h5-8,13-17,34H,9-12,33H2,1-4H3,(H,36,37). The van der Waals surface area contributed by atoms with Crippen molar-refractivity contribution >= 4 is 57.4 Å². The van der Waals surface area contributed by atoms with E-state index in [1.165, 1.54) is 12.4 Å². The van der Waals surface area contributed by atoms with E-state index in [0.29, 0.717) is 64.6 Å². The molecule has 0 bridgehead atoms. The van der Waals surface area contributed by atoms with Gasteiger partial charge < -0.3 is 30.0 Å². The highest BCUT2D eigenvalue weighted by atomic mass is 35.5. The number of ether oxygens (including phenoxy) is 2. The molecule has 0 aliphatic carbocycles. The number of nitrogens with one attached hydrogen (secondary N) is 2. The third kappa shape index (κ3) is 6.39. The summed E-state index contributed by atoms with van der Waals surface area (Å²) >= 11 is 12.6. The number of nitrogens with zero attached hydrogens (tertiary/aromatic N) is 4. The third-order valence-electron chi connectivity index (χ3n) is 6.90. The van der Waals surface area contributed by atoms with Crippen molar-refractivity contribution in [2.24, 2.45) is 0 Å². The van der Waals surface area contributed by atoms with E-state index in [0.717, 1.165) is 16.7 Å². The van der Waals surface area contributed by atoms with Crippen LogP contribution in [0.5, 0.6) is 5.75 Å². The van der Waals surface area contributed by atoms with Gasteiger partial charge in [-0.2, -0.15) is 0 Å². The van der Waals surface area contributed by atoms with Crippen molar-refractivity contribution in [3.8, 4) is 5.75 Å². The van der Waals surface area contributed by atoms with Crippen molar-refractivity contribution in [2.75, 3.05) is 36.8 Å². The molecule has 0 radical (unpaired) electrons. The van der Waals surface area contributed by atoms with E-state index >= 15 is 0 Å². The zero-order valence-electron chi connectivity index (χ0n) is 23.9. The van der Waals surface area contributed by atoms with Crippen molar-refractivity contribution in [1.82, 2.24) is 19.9 Å². The molecule has 1 amide bonds. The Balaban J connectivity index is 1.30. The summed E-state index contributed by atoms with van der Waals surface area (Å²) in [5.74, 6) is 0.887. The highest BCUT2D eigenvalue weighted by Gasteiger charge is 2.26. The molecule has 10 nitrogen and oxygen atoms in total. The van der Waals surface area contributed by atoms with Gasteiger partial charge in [-0.15, -0.1) is 0 Å². The van der Waals surface area contributed by atoms with Gasteiger partial charge in [0.1, 0.15) is 23.2 Å². The number of halogens is 2. The zero-order valence-corrected chi connectivity index (χ0v) is 25.4. The van der Waals surface area contributed by atoms with Crippen molar-refractivity contribution in [3.63, 3.8) is 0 Å². The smallest absolute Gasteiger partial charge is 0.410 e. The van der Waals surface area contributed by atoms with Gasteiger partial charge in [0.25, 0.3) is 0 Å². The number of nitrogens with two attached hydrogens (primary N) is 1. The van der Waals surface area contributed by atoms with Gasteiger partial charge in [0.05, 0.1) is 21.1 Å². The van der Waals surface area contributed by atoms with Crippen LogP contribution in [0, 0.1) is 5.41 Å². The minimum Gasteiger partial charge on any atom is -0.486 e. The van der Waals surface area contributed by atoms with Crippen LogP contribution in [0.2, 0.25) is 10.0 Å². The molecule has 4 aromatic rings. The number of benzene rings is 2. The van der Waals surface area contributed by atoms with Gasteiger partial charge >= 0.3 is 6.09 Å². The number of nitrogen functional groups attached to an aromatic ring is 1. The number of hydrogen-bond donors (Lipinski definition) is 3. The van der Waals surface area contributed by atoms with Crippen LogP contribution in [-0.2, 0) is 4.74 Å². The number of amides is 1. The molecule has 4 N–H and O–H groups in total. The predicted molar refractivity (Wildman–Crippen MR) is 166 cm³/mol. The van der Waals surface area contributed by atoms with Crippen LogP contribution in [0.25, 0.3) is 11.0 Å². The molecular weight excluding hydrogens is 577 g/mol. The second-order valence-electron chi connectivity index (χ2n) is 11.1. The average Bonchev–Trinajstić information content (AvgIpc) is 3.36. The largest absolute Gasteiger partial charge is 0.486 e. The second-order valence-corrected chi connectivity index (χ2v) is 12.0. The molecule has 1 saturated heterocycles. The van der Waals surface area contributed by atoms with Crippen LogP contribution in [0.15, 0.2) is 48.8 Å². The fourth-order valence-corrected chi connectivity index (χ4v) is 5.48. The maximum atomic E-state index is 12.4. The summed E-state index contributed by atoms with van der Waals surface area (Å²) < 4.78 is 11.6. The van der Waals surface area contributed by atoms with Crippen molar-refractivity contribution in [2.45, 2.75) is 39.4 Å². The SMILES string of the molecule is CC(Oc1ccc(N)c(C(=N)c2nc3ccc(N4CCN(C(=O)OC(C)(C)C)CC4)cc3[nH]2)c1)c1c(Cl)cncc1Cl. The molecule has 0 saturated carbocycles. The van der Waals surface area contributed by atoms with Crippen molar-refractivity contribution in [1.29, 1.82) is 5.41 Å². The van der Waals surface area contributed by atoms with E-state index in [2.05, 4.69) is 19.9 Å². The van der Waals surface area contributed by atoms with E-state index in [4.69, 9.17) is 43.8 Å². The predicted octanol–water partition coefficient (Wildman–Crippen LogP) is 6.46. The summed E-state index contributed by atoms with van der Waals surface area (Å²) in [7, 11) is 0. The van der Waals surface area contributed by atoms with Crippen LogP contribution >= 0.6 is 23.2 Å². The van der Waals surface area contributed by atoms with Gasteiger partial charge in [0.2, 0.25) is 0 Å². The van der Waals surface area contributed by atoms with Crippen LogP contribution in [-0.4, -0.2) is 63.4 Å². The summed E-state index contributed by atoms with van der Waals surface area (Å²) in [6, 6.07) is 11.1. The molecule has 1 unspecified atom stereocenters. The average molecular weight is 611 g/mol. The van der Waals surface area contributed by atoms with Crippen LogP contribution in [0.3, 0.4) is 0 Å². The molecule has 1 aliphatic rings. The number of carbonyl (C=O) groups excluding carboxylic acids is 1. The topological polar surface area (TPSA) is 133 Å². The lowest BCUT2D eigenvalue weighted by molar-refractivity contribution is 0.0240. The minimum atomic E-state index is -0.522. The first-order valence-corrected chi connectivity index (χ1v) is 14.3. The number of rotatable bonds is 6. The monoisotopic (exact) mass is 609 g/mol. The Morgan fingerprint density at radius 2 is 1.76 bits per heavy atom. The molecule has 5 rings (SSSR count). The summed E-state index contributed by atoms with van der Waals surface area (Å²) in [6.07, 6.45) is 2.28. The lowest BCUT2D eigenvalue weighted by Gasteiger charge is -2.36. The molecule has 220 valence electrons. The number of anilines is 2. The second kappa shape index (κ2) is 11.7. The fourth-order valence-electron chi connectivity index (χ4n) is 4.81. The molecule has 1 aliphatic heterocycles. The normalized spacial score (nSPS) is 14.6. The van der Waals surface area contributed by atoms with Crippen LogP contribution in [0.1, 0.15) is 50.8 Å². The number of carbonyl (C=O) groups is 1. The highest BCUT2D eigenvalue weighted by Crippen LogP contribution is 2.33. The number of piperazine rings is 1. The summed E-state index contributed by atoms with van der Waals surface area (Å²) in [6.45, 7) is 9.94. The Morgan fingerprint density at radius 3 is 2.43 bits per heavy atom. The molecule has 2 aromatic heterocycles. The van der Waals surface area contributed by atoms with Crippen LogP contribution in [0.4, 0.5) is 16.2 Å². The van der Waals surface area contributed by atoms with Gasteiger partial charge in [-0.1, -0.05) is 23.2 Å². The van der Waals surface area contributed by atoms with Gasteiger partial charge in [0, 0.05) is 61.1 Å². The number of fused-ring (bicyclic) bond motifs is 1. The number of imidazole rings is 1. The van der Waals surface area contributed by atoms with E-state index < -0.39 is 11.7 Å². The number of hydrogen-bond acceptors (Lipinski definition) is 8. The third-order valence-corrected chi connectivity index (χ3v) is 7.51. The summed E-state index contributed by atoms with van der Waals surface area (Å²) in [5.41, 5.74) is 9.93. The molecule has 0 spiro atoms. The zero-order chi connectivity index (χ0) is 30.2. The fraction of sp³-hybridized carbons (Fsp3) is 0.333. The Kier molecular flexibility index (Phi) is 8.21. The van der Waals surface area contributed by atoms with Gasteiger partial charge in [-0.05, 0) is 64.1 Å². The summed E-state index contributed by atoms with van der Waals surface area (Å²) in [4.78, 5) is 28.3. The number of aromatic amines is 1. The lowest BCUT2D eigenvalue weighted by atomic mass is 10.1. The van der Waals surface area contributed by atoms with E-state index in [9.17, 15) is 4.79 Å². The first-order valence-electron chi connectivity index (χ1n) is 13.6. The molecular formula is C30H33Cl2N7O3. The van der Waals surface area contributed by atoms with E-state index in [1.807, 2.05) is 45.9 Å². The van der Waals surface area contributed by atoms with Gasteiger partial charge in [0.15, 0.2) is 5.82 Å². The Bertz CT molecular complexity index is 1620. The Morgan fingerprint density at radius 1 is 1.07 bits per heavy atom. The van der Waals surface area contributed by atoms with Gasteiger partial charge in [-0.25, -0.2) is 9.78 Å². The molecule has 12 heteroatoms. The highest BCUT2D eigenvalue weighted by molar-refractivity contribution is 6.35. The van der Waals surface area contributed by atoms with Crippen LogP contribution < -0.4 is 15.4 Å². The van der Waals surface area contributed by atoms with Crippen molar-refractivity contribution in [3.05, 3.63) is 75.8 Å². The molecule has 42 heavy (non-hydrogen) atoms. The molecule has 2 aromatic carbocycles. The number of pyridine rings is 1. The number of H-pyrrole nitrogens is 1. The summed E-state index contributed by atoms with van der Waals surface area (Å²) in [5, 5.41) is 9.70. The molecule has 1 fully saturated rings. The Hall–Kier alpha value is -4.02. The van der Waals surface area contributed by atoms with E-state index in [-0.39, 0.29) is 11.8 Å². The maximum Gasteiger partial charge on any atom is 0.410 e. The van der Waals surface area contributed by atoms with Crippen molar-refractivity contribution < 1.29 is 14.3 Å². The van der Waals surface area contributed by atoms with E-state index in [1.54, 1.807) is 23.1 Å². The van der Waals surface area contributed by atoms with Gasteiger partial charge in [-0.3, -0.25) is 10.4 Å². The first kappa shape index (κ1) is 29.5. The maximum absolute atomic E-state index is 12.4. The lowest BCUT2D eigenvalue weighted by Crippen LogP contribution is -2.50. The number of aromatic nitrogens is 3. The minimum absolute atomic E-state index is 0.134. The first-order chi connectivity index (χ1) is 19.9. The Labute approximate surface area is 254 Å².